The second kappa shape index (κ2) is 7.38. The lowest BCUT2D eigenvalue weighted by Gasteiger charge is -2.39. The van der Waals surface area contributed by atoms with E-state index in [1.54, 1.807) is 0 Å². The Morgan fingerprint density at radius 3 is 2.35 bits per heavy atom. The SMILES string of the molecule is CCCNC(COC)C1(CC(C)C)CCCC1. The summed E-state index contributed by atoms with van der Waals surface area (Å²) < 4.78 is 5.46. The van der Waals surface area contributed by atoms with E-state index in [9.17, 15) is 0 Å². The Labute approximate surface area is 108 Å². The van der Waals surface area contributed by atoms with E-state index in [1.807, 2.05) is 7.11 Å². The molecule has 0 aliphatic heterocycles. The van der Waals surface area contributed by atoms with Gasteiger partial charge in [0.15, 0.2) is 0 Å². The molecule has 0 radical (unpaired) electrons. The Morgan fingerprint density at radius 2 is 1.88 bits per heavy atom. The first-order valence-corrected chi connectivity index (χ1v) is 7.37. The number of hydrogen-bond acceptors (Lipinski definition) is 2. The van der Waals surface area contributed by atoms with Crippen LogP contribution in [0, 0.1) is 11.3 Å². The number of ether oxygens (including phenoxy) is 1. The zero-order chi connectivity index (χ0) is 12.7. The molecule has 1 saturated carbocycles. The van der Waals surface area contributed by atoms with E-state index in [2.05, 4.69) is 26.1 Å². The molecule has 2 heteroatoms. The number of rotatable bonds is 8. The van der Waals surface area contributed by atoms with E-state index in [4.69, 9.17) is 4.74 Å². The first-order chi connectivity index (χ1) is 8.14. The van der Waals surface area contributed by atoms with Gasteiger partial charge < -0.3 is 10.1 Å². The molecular formula is C15H31NO. The molecule has 1 fully saturated rings. The zero-order valence-corrected chi connectivity index (χ0v) is 12.2. The summed E-state index contributed by atoms with van der Waals surface area (Å²) in [5, 5.41) is 3.73. The summed E-state index contributed by atoms with van der Waals surface area (Å²) in [6, 6.07) is 0.553. The lowest BCUT2D eigenvalue weighted by atomic mass is 9.72. The molecule has 1 rings (SSSR count). The van der Waals surface area contributed by atoms with Gasteiger partial charge in [-0.1, -0.05) is 33.6 Å². The van der Waals surface area contributed by atoms with Gasteiger partial charge in [0.1, 0.15) is 0 Å². The Hall–Kier alpha value is -0.0800. The van der Waals surface area contributed by atoms with E-state index >= 15 is 0 Å². The lowest BCUT2D eigenvalue weighted by molar-refractivity contribution is 0.0732. The highest BCUT2D eigenvalue weighted by Crippen LogP contribution is 2.46. The molecule has 0 spiro atoms. The van der Waals surface area contributed by atoms with Crippen LogP contribution in [0.1, 0.15) is 59.3 Å². The van der Waals surface area contributed by atoms with Gasteiger partial charge in [-0.3, -0.25) is 0 Å². The molecule has 17 heavy (non-hydrogen) atoms. The van der Waals surface area contributed by atoms with Crippen molar-refractivity contribution < 1.29 is 4.74 Å². The summed E-state index contributed by atoms with van der Waals surface area (Å²) in [4.78, 5) is 0. The molecule has 2 nitrogen and oxygen atoms in total. The molecule has 1 aliphatic rings. The molecule has 1 aliphatic carbocycles. The monoisotopic (exact) mass is 241 g/mol. The first-order valence-electron chi connectivity index (χ1n) is 7.37. The summed E-state index contributed by atoms with van der Waals surface area (Å²) in [7, 11) is 1.83. The highest BCUT2D eigenvalue weighted by molar-refractivity contribution is 4.95. The summed E-state index contributed by atoms with van der Waals surface area (Å²) in [6.07, 6.45) is 8.13. The summed E-state index contributed by atoms with van der Waals surface area (Å²) in [6.45, 7) is 8.93. The molecule has 0 aromatic rings. The molecule has 1 unspecified atom stereocenters. The average molecular weight is 241 g/mol. The third kappa shape index (κ3) is 4.26. The van der Waals surface area contributed by atoms with Crippen molar-refractivity contribution >= 4 is 0 Å². The van der Waals surface area contributed by atoms with Gasteiger partial charge >= 0.3 is 0 Å². The third-order valence-electron chi connectivity index (χ3n) is 4.13. The standard InChI is InChI=1S/C15H31NO/c1-5-10-16-14(12-17-4)15(11-13(2)3)8-6-7-9-15/h13-14,16H,5-12H2,1-4H3. The Kier molecular flexibility index (Phi) is 6.50. The maximum Gasteiger partial charge on any atom is 0.0621 e. The molecule has 1 N–H and O–H groups in total. The molecule has 0 aromatic carbocycles. The van der Waals surface area contributed by atoms with Crippen LogP contribution >= 0.6 is 0 Å². The minimum Gasteiger partial charge on any atom is -0.383 e. The minimum absolute atomic E-state index is 0.499. The van der Waals surface area contributed by atoms with Crippen LogP contribution in [0.15, 0.2) is 0 Å². The van der Waals surface area contributed by atoms with Gasteiger partial charge in [-0.15, -0.1) is 0 Å². The zero-order valence-electron chi connectivity index (χ0n) is 12.2. The molecular weight excluding hydrogens is 210 g/mol. The van der Waals surface area contributed by atoms with Gasteiger partial charge in [-0.05, 0) is 43.6 Å². The van der Waals surface area contributed by atoms with E-state index in [0.29, 0.717) is 11.5 Å². The minimum atomic E-state index is 0.499. The van der Waals surface area contributed by atoms with E-state index < -0.39 is 0 Å². The van der Waals surface area contributed by atoms with Gasteiger partial charge in [0.05, 0.1) is 6.61 Å². The lowest BCUT2D eigenvalue weighted by Crippen LogP contribution is -2.47. The van der Waals surface area contributed by atoms with E-state index in [0.717, 1.165) is 19.1 Å². The number of nitrogens with one attached hydrogen (secondary N) is 1. The Bertz CT molecular complexity index is 197. The maximum absolute atomic E-state index is 5.46. The van der Waals surface area contributed by atoms with Crippen LogP contribution in [0.5, 0.6) is 0 Å². The van der Waals surface area contributed by atoms with Crippen molar-refractivity contribution in [1.29, 1.82) is 0 Å². The topological polar surface area (TPSA) is 21.3 Å². The van der Waals surface area contributed by atoms with Crippen LogP contribution in [0.2, 0.25) is 0 Å². The second-order valence-electron chi connectivity index (χ2n) is 6.13. The Morgan fingerprint density at radius 1 is 1.24 bits per heavy atom. The van der Waals surface area contributed by atoms with E-state index in [1.165, 1.54) is 38.5 Å². The van der Waals surface area contributed by atoms with Crippen LogP contribution in [-0.4, -0.2) is 26.3 Å². The number of hydrogen-bond donors (Lipinski definition) is 1. The quantitative estimate of drug-likeness (QED) is 0.701. The molecule has 1 atom stereocenters. The second-order valence-corrected chi connectivity index (χ2v) is 6.13. The van der Waals surface area contributed by atoms with Crippen LogP contribution in [0.4, 0.5) is 0 Å². The van der Waals surface area contributed by atoms with Crippen molar-refractivity contribution in [2.75, 3.05) is 20.3 Å². The fourth-order valence-electron chi connectivity index (χ4n) is 3.52. The predicted octanol–water partition coefficient (Wildman–Crippen LogP) is 3.61. The smallest absolute Gasteiger partial charge is 0.0621 e. The predicted molar refractivity (Wildman–Crippen MR) is 74.3 cm³/mol. The van der Waals surface area contributed by atoms with Crippen molar-refractivity contribution in [1.82, 2.24) is 5.32 Å². The molecule has 0 amide bonds. The van der Waals surface area contributed by atoms with Crippen LogP contribution in [-0.2, 0) is 4.74 Å². The number of methoxy groups -OCH3 is 1. The van der Waals surface area contributed by atoms with Gasteiger partial charge in [0.2, 0.25) is 0 Å². The molecule has 0 heterocycles. The average Bonchev–Trinajstić information content (AvgIpc) is 2.72. The maximum atomic E-state index is 5.46. The fraction of sp³-hybridized carbons (Fsp3) is 1.00. The molecule has 0 aromatic heterocycles. The molecule has 0 saturated heterocycles. The largest absolute Gasteiger partial charge is 0.383 e. The highest BCUT2D eigenvalue weighted by Gasteiger charge is 2.41. The normalized spacial score (nSPS) is 21.0. The Balaban J connectivity index is 2.68. The van der Waals surface area contributed by atoms with Gasteiger partial charge in [-0.25, -0.2) is 0 Å². The third-order valence-corrected chi connectivity index (χ3v) is 4.13. The molecule has 102 valence electrons. The van der Waals surface area contributed by atoms with Gasteiger partial charge in [0, 0.05) is 13.2 Å². The van der Waals surface area contributed by atoms with Crippen LogP contribution in [0.3, 0.4) is 0 Å². The van der Waals surface area contributed by atoms with Crippen LogP contribution < -0.4 is 5.32 Å². The first kappa shape index (κ1) is 15.0. The van der Waals surface area contributed by atoms with E-state index in [-0.39, 0.29) is 0 Å². The van der Waals surface area contributed by atoms with Crippen molar-refractivity contribution in [3.63, 3.8) is 0 Å². The van der Waals surface area contributed by atoms with Crippen molar-refractivity contribution in [2.24, 2.45) is 11.3 Å². The highest BCUT2D eigenvalue weighted by atomic mass is 16.5. The summed E-state index contributed by atoms with van der Waals surface area (Å²) >= 11 is 0. The summed E-state index contributed by atoms with van der Waals surface area (Å²) in [5.41, 5.74) is 0.499. The molecule has 0 bridgehead atoms. The van der Waals surface area contributed by atoms with Crippen molar-refractivity contribution in [3.8, 4) is 0 Å². The van der Waals surface area contributed by atoms with Crippen LogP contribution in [0.25, 0.3) is 0 Å². The summed E-state index contributed by atoms with van der Waals surface area (Å²) in [5.74, 6) is 0.788. The van der Waals surface area contributed by atoms with Gasteiger partial charge in [0.25, 0.3) is 0 Å². The van der Waals surface area contributed by atoms with Gasteiger partial charge in [-0.2, -0.15) is 0 Å². The van der Waals surface area contributed by atoms with Crippen molar-refractivity contribution in [3.05, 3.63) is 0 Å². The fourth-order valence-corrected chi connectivity index (χ4v) is 3.52. The van der Waals surface area contributed by atoms with Crippen molar-refractivity contribution in [2.45, 2.75) is 65.3 Å².